The molecule has 3 aromatic rings. The lowest BCUT2D eigenvalue weighted by atomic mass is 10.0. The van der Waals surface area contributed by atoms with Crippen molar-refractivity contribution in [1.82, 2.24) is 19.6 Å². The molecule has 0 aliphatic heterocycles. The smallest absolute Gasteiger partial charge is 0.251 e. The van der Waals surface area contributed by atoms with Crippen molar-refractivity contribution in [2.45, 2.75) is 26.2 Å². The second-order valence-corrected chi connectivity index (χ2v) is 4.94. The molecule has 0 saturated carbocycles. The molecule has 1 aromatic carbocycles. The van der Waals surface area contributed by atoms with Gasteiger partial charge >= 0.3 is 0 Å². The average molecular weight is 282 g/mol. The van der Waals surface area contributed by atoms with Crippen LogP contribution in [0, 0.1) is 0 Å². The predicted molar refractivity (Wildman–Crippen MR) is 81.4 cm³/mol. The van der Waals surface area contributed by atoms with Crippen LogP contribution in [-0.4, -0.2) is 26.7 Å². The number of benzene rings is 1. The molecule has 0 aliphatic carbocycles. The quantitative estimate of drug-likeness (QED) is 0.721. The molecule has 21 heavy (non-hydrogen) atoms. The van der Waals surface area contributed by atoms with Crippen LogP contribution in [0.25, 0.3) is 17.0 Å². The minimum atomic E-state index is 0.610. The van der Waals surface area contributed by atoms with Gasteiger partial charge in [-0.15, -0.1) is 0 Å². The van der Waals surface area contributed by atoms with Gasteiger partial charge in [-0.2, -0.15) is 5.10 Å². The van der Waals surface area contributed by atoms with Crippen molar-refractivity contribution in [3.63, 3.8) is 0 Å². The Morgan fingerprint density at radius 2 is 2.14 bits per heavy atom. The Bertz CT molecular complexity index is 718. The summed E-state index contributed by atoms with van der Waals surface area (Å²) in [5, 5.41) is 4.20. The number of aryl methyl sites for hydroxylation is 1. The average Bonchev–Trinajstić information content (AvgIpc) is 2.96. The lowest BCUT2D eigenvalue weighted by molar-refractivity contribution is 0.409. The molecular formula is C16H18N4O. The maximum atomic E-state index is 5.44. The van der Waals surface area contributed by atoms with Crippen molar-refractivity contribution in [2.75, 3.05) is 7.11 Å². The third-order valence-corrected chi connectivity index (χ3v) is 3.49. The molecule has 0 atom stereocenters. The first-order chi connectivity index (χ1) is 10.3. The SMILES string of the molecule is CCCCc1cc(-c2cn3nccnc3n2)ccc1OC. The summed E-state index contributed by atoms with van der Waals surface area (Å²) in [5.41, 5.74) is 3.16. The number of hydrogen-bond acceptors (Lipinski definition) is 4. The van der Waals surface area contributed by atoms with Crippen LogP contribution in [0.15, 0.2) is 36.8 Å². The number of hydrogen-bond donors (Lipinski definition) is 0. The molecule has 0 bridgehead atoms. The Kier molecular flexibility index (Phi) is 3.81. The monoisotopic (exact) mass is 282 g/mol. The normalized spacial score (nSPS) is 11.0. The van der Waals surface area contributed by atoms with Crippen molar-refractivity contribution < 1.29 is 4.74 Å². The lowest BCUT2D eigenvalue weighted by Gasteiger charge is -2.09. The summed E-state index contributed by atoms with van der Waals surface area (Å²) in [5.74, 6) is 1.55. The summed E-state index contributed by atoms with van der Waals surface area (Å²) in [7, 11) is 1.71. The summed E-state index contributed by atoms with van der Waals surface area (Å²) in [6, 6.07) is 6.18. The summed E-state index contributed by atoms with van der Waals surface area (Å²) in [6.45, 7) is 2.19. The largest absolute Gasteiger partial charge is 0.496 e. The Morgan fingerprint density at radius 3 is 2.90 bits per heavy atom. The molecule has 0 radical (unpaired) electrons. The van der Waals surface area contributed by atoms with E-state index in [1.54, 1.807) is 24.0 Å². The molecule has 0 amide bonds. The number of methoxy groups -OCH3 is 1. The Hall–Kier alpha value is -2.43. The molecule has 2 heterocycles. The number of rotatable bonds is 5. The highest BCUT2D eigenvalue weighted by atomic mass is 16.5. The highest BCUT2D eigenvalue weighted by Crippen LogP contribution is 2.27. The minimum Gasteiger partial charge on any atom is -0.496 e. The van der Waals surface area contributed by atoms with Crippen molar-refractivity contribution >= 4 is 5.78 Å². The van der Waals surface area contributed by atoms with E-state index in [2.05, 4.69) is 28.1 Å². The Labute approximate surface area is 123 Å². The van der Waals surface area contributed by atoms with Gasteiger partial charge in [0.25, 0.3) is 5.78 Å². The molecule has 0 spiro atoms. The van der Waals surface area contributed by atoms with E-state index in [9.17, 15) is 0 Å². The Balaban J connectivity index is 2.01. The molecule has 0 saturated heterocycles. The zero-order chi connectivity index (χ0) is 14.7. The van der Waals surface area contributed by atoms with Gasteiger partial charge < -0.3 is 4.74 Å². The molecule has 0 fully saturated rings. The number of nitrogens with zero attached hydrogens (tertiary/aromatic N) is 4. The number of ether oxygens (including phenoxy) is 1. The maximum Gasteiger partial charge on any atom is 0.251 e. The van der Waals surface area contributed by atoms with E-state index in [0.717, 1.165) is 36.3 Å². The molecule has 0 unspecified atom stereocenters. The van der Waals surface area contributed by atoms with E-state index >= 15 is 0 Å². The predicted octanol–water partition coefficient (Wildman–Crippen LogP) is 3.14. The fraction of sp³-hybridized carbons (Fsp3) is 0.312. The van der Waals surface area contributed by atoms with Gasteiger partial charge in [0, 0.05) is 5.56 Å². The molecule has 5 nitrogen and oxygen atoms in total. The molecule has 0 N–H and O–H groups in total. The summed E-state index contributed by atoms with van der Waals surface area (Å²) >= 11 is 0. The van der Waals surface area contributed by atoms with Crippen LogP contribution in [0.2, 0.25) is 0 Å². The second-order valence-electron chi connectivity index (χ2n) is 4.94. The van der Waals surface area contributed by atoms with E-state index < -0.39 is 0 Å². The van der Waals surface area contributed by atoms with Crippen LogP contribution < -0.4 is 4.74 Å². The first-order valence-corrected chi connectivity index (χ1v) is 7.15. The van der Waals surface area contributed by atoms with Crippen molar-refractivity contribution in [1.29, 1.82) is 0 Å². The van der Waals surface area contributed by atoms with E-state index in [4.69, 9.17) is 4.74 Å². The van der Waals surface area contributed by atoms with Gasteiger partial charge in [-0.3, -0.25) is 0 Å². The van der Waals surface area contributed by atoms with Crippen LogP contribution in [0.1, 0.15) is 25.3 Å². The first kappa shape index (κ1) is 13.5. The second kappa shape index (κ2) is 5.91. The fourth-order valence-corrected chi connectivity index (χ4v) is 2.38. The highest BCUT2D eigenvalue weighted by Gasteiger charge is 2.09. The third-order valence-electron chi connectivity index (χ3n) is 3.49. The number of unbranched alkanes of at least 4 members (excludes halogenated alkanes) is 1. The number of fused-ring (bicyclic) bond motifs is 1. The topological polar surface area (TPSA) is 52.3 Å². The van der Waals surface area contributed by atoms with Crippen LogP contribution in [0.3, 0.4) is 0 Å². The van der Waals surface area contributed by atoms with Gasteiger partial charge in [0.2, 0.25) is 0 Å². The van der Waals surface area contributed by atoms with Gasteiger partial charge in [-0.1, -0.05) is 13.3 Å². The van der Waals surface area contributed by atoms with E-state index in [-0.39, 0.29) is 0 Å². The van der Waals surface area contributed by atoms with E-state index in [1.807, 2.05) is 18.3 Å². The van der Waals surface area contributed by atoms with Gasteiger partial charge in [0.1, 0.15) is 5.75 Å². The molecule has 108 valence electrons. The van der Waals surface area contributed by atoms with Gasteiger partial charge in [0.15, 0.2) is 0 Å². The van der Waals surface area contributed by atoms with Crippen LogP contribution >= 0.6 is 0 Å². The first-order valence-electron chi connectivity index (χ1n) is 7.15. The number of aromatic nitrogens is 4. The summed E-state index contributed by atoms with van der Waals surface area (Å²) in [6.07, 6.45) is 8.51. The van der Waals surface area contributed by atoms with Crippen molar-refractivity contribution in [3.8, 4) is 17.0 Å². The van der Waals surface area contributed by atoms with Crippen LogP contribution in [0.5, 0.6) is 5.75 Å². The Morgan fingerprint density at radius 1 is 1.24 bits per heavy atom. The molecular weight excluding hydrogens is 264 g/mol. The third kappa shape index (κ3) is 2.72. The van der Waals surface area contributed by atoms with Crippen molar-refractivity contribution in [2.24, 2.45) is 0 Å². The van der Waals surface area contributed by atoms with Gasteiger partial charge in [0.05, 0.1) is 31.4 Å². The highest BCUT2D eigenvalue weighted by molar-refractivity contribution is 5.63. The zero-order valence-corrected chi connectivity index (χ0v) is 12.3. The molecule has 5 heteroatoms. The minimum absolute atomic E-state index is 0.610. The van der Waals surface area contributed by atoms with Gasteiger partial charge in [-0.05, 0) is 36.6 Å². The fourth-order valence-electron chi connectivity index (χ4n) is 2.38. The molecule has 3 rings (SSSR count). The molecule has 0 aliphatic rings. The molecule has 2 aromatic heterocycles. The standard InChI is InChI=1S/C16H18N4O/c1-3-4-5-13-10-12(6-7-15(13)21-2)14-11-20-16(19-14)17-8-9-18-20/h6-11H,3-5H2,1-2H3. The lowest BCUT2D eigenvalue weighted by Crippen LogP contribution is -1.93. The van der Waals surface area contributed by atoms with Crippen LogP contribution in [-0.2, 0) is 6.42 Å². The summed E-state index contributed by atoms with van der Waals surface area (Å²) < 4.78 is 7.13. The van der Waals surface area contributed by atoms with Gasteiger partial charge in [-0.25, -0.2) is 14.5 Å². The summed E-state index contributed by atoms with van der Waals surface area (Å²) in [4.78, 5) is 8.71. The van der Waals surface area contributed by atoms with E-state index in [1.165, 1.54) is 5.56 Å². The van der Waals surface area contributed by atoms with E-state index in [0.29, 0.717) is 5.78 Å². The zero-order valence-electron chi connectivity index (χ0n) is 12.3. The van der Waals surface area contributed by atoms with Crippen LogP contribution in [0.4, 0.5) is 0 Å². The maximum absolute atomic E-state index is 5.44. The van der Waals surface area contributed by atoms with Crippen molar-refractivity contribution in [3.05, 3.63) is 42.4 Å². The number of imidazole rings is 1.